The van der Waals surface area contributed by atoms with Crippen LogP contribution in [0.15, 0.2) is 24.3 Å². The third-order valence-corrected chi connectivity index (χ3v) is 3.92. The molecule has 0 aliphatic heterocycles. The molecule has 0 heterocycles. The summed E-state index contributed by atoms with van der Waals surface area (Å²) in [6, 6.07) is 8.44. The van der Waals surface area contributed by atoms with E-state index in [1.54, 1.807) is 0 Å². The third-order valence-electron chi connectivity index (χ3n) is 3.25. The average molecular weight is 358 g/mol. The maximum atomic E-state index is 11.8. The molecular weight excluding hydrogens is 339 g/mol. The topological polar surface area (TPSA) is 41.1 Å². The summed E-state index contributed by atoms with van der Waals surface area (Å²) in [5.41, 5.74) is 1.00. The number of anilines is 1. The molecule has 0 aromatic heterocycles. The molecule has 0 atom stereocenters. The summed E-state index contributed by atoms with van der Waals surface area (Å²) < 4.78 is 1.17. The van der Waals surface area contributed by atoms with Crippen LogP contribution in [0.4, 0.5) is 5.69 Å². The summed E-state index contributed by atoms with van der Waals surface area (Å²) in [5, 5.41) is 6.26. The Kier molecular flexibility index (Phi) is 5.28. The van der Waals surface area contributed by atoms with Crippen molar-refractivity contribution < 1.29 is 4.79 Å². The Labute approximate surface area is 122 Å². The zero-order valence-corrected chi connectivity index (χ0v) is 12.6. The molecule has 0 saturated heterocycles. The van der Waals surface area contributed by atoms with E-state index in [1.165, 1.54) is 22.8 Å². The van der Waals surface area contributed by atoms with Crippen LogP contribution in [-0.4, -0.2) is 18.5 Å². The van der Waals surface area contributed by atoms with Gasteiger partial charge < -0.3 is 10.6 Å². The zero-order chi connectivity index (χ0) is 12.8. The Morgan fingerprint density at radius 2 is 2.06 bits per heavy atom. The van der Waals surface area contributed by atoms with Gasteiger partial charge in [-0.3, -0.25) is 4.79 Å². The predicted octanol–water partition coefficient (Wildman–Crippen LogP) is 3.15. The average Bonchev–Trinajstić information content (AvgIpc) is 2.38. The van der Waals surface area contributed by atoms with Gasteiger partial charge in [0.15, 0.2) is 0 Å². The lowest BCUT2D eigenvalue weighted by atomic mass is 9.95. The van der Waals surface area contributed by atoms with Crippen molar-refractivity contribution in [3.8, 4) is 0 Å². The Bertz CT molecular complexity index is 403. The third kappa shape index (κ3) is 4.48. The van der Waals surface area contributed by atoms with Gasteiger partial charge in [0.25, 0.3) is 0 Å². The van der Waals surface area contributed by atoms with E-state index in [-0.39, 0.29) is 5.91 Å². The second kappa shape index (κ2) is 6.97. The minimum Gasteiger partial charge on any atom is -0.376 e. The van der Waals surface area contributed by atoms with Crippen molar-refractivity contribution in [3.63, 3.8) is 0 Å². The van der Waals surface area contributed by atoms with Crippen molar-refractivity contribution in [2.45, 2.75) is 38.1 Å². The first-order valence-electron chi connectivity index (χ1n) is 6.53. The van der Waals surface area contributed by atoms with E-state index >= 15 is 0 Å². The van der Waals surface area contributed by atoms with Crippen molar-refractivity contribution in [2.24, 2.45) is 0 Å². The molecule has 0 unspecified atom stereocenters. The summed E-state index contributed by atoms with van der Waals surface area (Å²) in [6.45, 7) is 0.358. The fourth-order valence-corrected chi connectivity index (χ4v) is 2.85. The monoisotopic (exact) mass is 358 g/mol. The van der Waals surface area contributed by atoms with Gasteiger partial charge in [0.1, 0.15) is 0 Å². The summed E-state index contributed by atoms with van der Waals surface area (Å²) in [4.78, 5) is 11.8. The lowest BCUT2D eigenvalue weighted by molar-refractivity contribution is -0.120. The fraction of sp³-hybridized carbons (Fsp3) is 0.500. The van der Waals surface area contributed by atoms with E-state index in [1.807, 2.05) is 24.3 Å². The highest BCUT2D eigenvalue weighted by molar-refractivity contribution is 14.1. The van der Waals surface area contributed by atoms with Crippen LogP contribution >= 0.6 is 22.6 Å². The Morgan fingerprint density at radius 1 is 1.28 bits per heavy atom. The SMILES string of the molecule is O=C(CNc1cccc(I)c1)NC1CCCCC1. The highest BCUT2D eigenvalue weighted by atomic mass is 127. The number of hydrogen-bond donors (Lipinski definition) is 2. The smallest absolute Gasteiger partial charge is 0.239 e. The molecule has 1 saturated carbocycles. The highest BCUT2D eigenvalue weighted by Gasteiger charge is 2.15. The normalized spacial score (nSPS) is 16.3. The molecule has 1 aliphatic rings. The largest absolute Gasteiger partial charge is 0.376 e. The summed E-state index contributed by atoms with van der Waals surface area (Å²) in [7, 11) is 0. The van der Waals surface area contributed by atoms with Gasteiger partial charge in [-0.25, -0.2) is 0 Å². The van der Waals surface area contributed by atoms with Crippen LogP contribution in [0.1, 0.15) is 32.1 Å². The summed E-state index contributed by atoms with van der Waals surface area (Å²) in [5.74, 6) is 0.0979. The van der Waals surface area contributed by atoms with Crippen LogP contribution < -0.4 is 10.6 Å². The molecule has 4 heteroatoms. The van der Waals surface area contributed by atoms with Gasteiger partial charge in [0, 0.05) is 15.3 Å². The van der Waals surface area contributed by atoms with Crippen LogP contribution in [0.2, 0.25) is 0 Å². The van der Waals surface area contributed by atoms with Crippen LogP contribution in [0.5, 0.6) is 0 Å². The number of carbonyl (C=O) groups is 1. The predicted molar refractivity (Wildman–Crippen MR) is 82.7 cm³/mol. The lowest BCUT2D eigenvalue weighted by Gasteiger charge is -2.22. The molecule has 0 spiro atoms. The molecule has 1 aromatic carbocycles. The van der Waals surface area contributed by atoms with E-state index in [9.17, 15) is 4.79 Å². The number of amides is 1. The molecule has 3 nitrogen and oxygen atoms in total. The maximum absolute atomic E-state index is 11.8. The van der Waals surface area contributed by atoms with Crippen molar-refractivity contribution in [2.75, 3.05) is 11.9 Å². The van der Waals surface area contributed by atoms with Gasteiger partial charge in [-0.2, -0.15) is 0 Å². The number of nitrogens with one attached hydrogen (secondary N) is 2. The van der Waals surface area contributed by atoms with Crippen LogP contribution in [0.3, 0.4) is 0 Å². The number of hydrogen-bond acceptors (Lipinski definition) is 2. The van der Waals surface area contributed by atoms with Gasteiger partial charge >= 0.3 is 0 Å². The molecule has 98 valence electrons. The van der Waals surface area contributed by atoms with Gasteiger partial charge in [0.05, 0.1) is 6.54 Å². The molecule has 1 aliphatic carbocycles. The highest BCUT2D eigenvalue weighted by Crippen LogP contribution is 2.17. The van der Waals surface area contributed by atoms with Crippen LogP contribution in [0.25, 0.3) is 0 Å². The van der Waals surface area contributed by atoms with E-state index in [0.717, 1.165) is 18.5 Å². The van der Waals surface area contributed by atoms with Crippen molar-refractivity contribution >= 4 is 34.2 Å². The number of halogens is 1. The number of benzene rings is 1. The number of carbonyl (C=O) groups excluding carboxylic acids is 1. The second-order valence-corrected chi connectivity index (χ2v) is 6.01. The van der Waals surface area contributed by atoms with E-state index in [0.29, 0.717) is 12.6 Å². The van der Waals surface area contributed by atoms with Gasteiger partial charge in [-0.05, 0) is 53.6 Å². The first-order chi connectivity index (χ1) is 8.74. The van der Waals surface area contributed by atoms with E-state index < -0.39 is 0 Å². The Hall–Kier alpha value is -0.780. The maximum Gasteiger partial charge on any atom is 0.239 e. The molecule has 0 bridgehead atoms. The van der Waals surface area contributed by atoms with Crippen molar-refractivity contribution in [1.82, 2.24) is 5.32 Å². The molecule has 2 rings (SSSR count). The minimum absolute atomic E-state index is 0.0979. The Balaban J connectivity index is 1.74. The molecule has 0 radical (unpaired) electrons. The van der Waals surface area contributed by atoms with Gasteiger partial charge in [-0.1, -0.05) is 25.3 Å². The quantitative estimate of drug-likeness (QED) is 0.812. The summed E-state index contributed by atoms with van der Waals surface area (Å²) >= 11 is 2.27. The zero-order valence-electron chi connectivity index (χ0n) is 10.4. The Morgan fingerprint density at radius 3 is 2.78 bits per heavy atom. The van der Waals surface area contributed by atoms with Crippen LogP contribution in [-0.2, 0) is 4.79 Å². The van der Waals surface area contributed by atoms with E-state index in [2.05, 4.69) is 33.2 Å². The first kappa shape index (κ1) is 13.6. The lowest BCUT2D eigenvalue weighted by Crippen LogP contribution is -2.39. The minimum atomic E-state index is 0.0979. The van der Waals surface area contributed by atoms with Crippen LogP contribution in [0, 0.1) is 3.57 Å². The summed E-state index contributed by atoms with van der Waals surface area (Å²) in [6.07, 6.45) is 6.07. The van der Waals surface area contributed by atoms with Gasteiger partial charge in [-0.15, -0.1) is 0 Å². The molecule has 1 fully saturated rings. The molecule has 1 aromatic rings. The standard InChI is InChI=1S/C14H19IN2O/c15-11-5-4-8-13(9-11)16-10-14(18)17-12-6-2-1-3-7-12/h4-5,8-9,12,16H,1-3,6-7,10H2,(H,17,18). The molecular formula is C14H19IN2O. The molecule has 1 amide bonds. The molecule has 2 N–H and O–H groups in total. The van der Waals surface area contributed by atoms with E-state index in [4.69, 9.17) is 0 Å². The fourth-order valence-electron chi connectivity index (χ4n) is 2.31. The molecule has 18 heavy (non-hydrogen) atoms. The van der Waals surface area contributed by atoms with Crippen molar-refractivity contribution in [3.05, 3.63) is 27.8 Å². The number of rotatable bonds is 4. The van der Waals surface area contributed by atoms with Gasteiger partial charge in [0.2, 0.25) is 5.91 Å². The second-order valence-electron chi connectivity index (χ2n) is 4.77. The first-order valence-corrected chi connectivity index (χ1v) is 7.61. The van der Waals surface area contributed by atoms with Crippen molar-refractivity contribution in [1.29, 1.82) is 0 Å².